The second kappa shape index (κ2) is 8.57. The van der Waals surface area contributed by atoms with Gasteiger partial charge in [-0.3, -0.25) is 9.59 Å². The first-order chi connectivity index (χ1) is 12.3. The fraction of sp³-hybridized carbons (Fsp3) is 0.333. The van der Waals surface area contributed by atoms with Crippen molar-refractivity contribution in [2.45, 2.75) is 26.8 Å². The van der Waals surface area contributed by atoms with Crippen LogP contribution in [-0.2, 0) is 22.6 Å². The predicted octanol–water partition coefficient (Wildman–Crippen LogP) is 2.64. The Morgan fingerprint density at radius 3 is 2.46 bits per heavy atom. The van der Waals surface area contributed by atoms with Gasteiger partial charge in [0.25, 0.3) is 0 Å². The third kappa shape index (κ3) is 5.38. The summed E-state index contributed by atoms with van der Waals surface area (Å²) >= 11 is 1.29. The smallest absolute Gasteiger partial charge is 0.335 e. The maximum absolute atomic E-state index is 12.3. The highest BCUT2D eigenvalue weighted by atomic mass is 32.1. The van der Waals surface area contributed by atoms with Crippen molar-refractivity contribution in [1.29, 1.82) is 0 Å². The normalized spacial score (nSPS) is 10.6. The second-order valence-corrected chi connectivity index (χ2v) is 7.07. The number of rotatable bonds is 7. The maximum atomic E-state index is 12.3. The highest BCUT2D eigenvalue weighted by molar-refractivity contribution is 7.13. The third-order valence-corrected chi connectivity index (χ3v) is 4.49. The number of amides is 2. The minimum Gasteiger partial charge on any atom is -0.478 e. The van der Waals surface area contributed by atoms with Gasteiger partial charge >= 0.3 is 5.97 Å². The van der Waals surface area contributed by atoms with Gasteiger partial charge in [-0.15, -0.1) is 11.3 Å². The third-order valence-electron chi connectivity index (χ3n) is 3.68. The average molecular weight is 375 g/mol. The topological polar surface area (TPSA) is 99.6 Å². The zero-order valence-corrected chi connectivity index (χ0v) is 15.7. The number of hydrogen-bond donors (Lipinski definition) is 2. The van der Waals surface area contributed by atoms with Gasteiger partial charge in [0.2, 0.25) is 11.8 Å². The van der Waals surface area contributed by atoms with Crippen LogP contribution < -0.4 is 5.32 Å². The van der Waals surface area contributed by atoms with E-state index in [4.69, 9.17) is 5.11 Å². The molecule has 0 aliphatic rings. The summed E-state index contributed by atoms with van der Waals surface area (Å²) in [4.78, 5) is 40.7. The van der Waals surface area contributed by atoms with Gasteiger partial charge in [-0.1, -0.05) is 26.0 Å². The van der Waals surface area contributed by atoms with Crippen LogP contribution in [0.15, 0.2) is 29.6 Å². The van der Waals surface area contributed by atoms with E-state index in [9.17, 15) is 14.4 Å². The van der Waals surface area contributed by atoms with Gasteiger partial charge in [0.05, 0.1) is 17.7 Å². The number of likely N-dealkylation sites (N-methyl/N-ethyl adjacent to an activating group) is 1. The summed E-state index contributed by atoms with van der Waals surface area (Å²) in [6.07, 6.45) is 0.137. The number of carboxylic acid groups (broad SMARTS) is 1. The number of carbonyl (C=O) groups is 3. The number of hydrogen-bond acceptors (Lipinski definition) is 5. The Kier molecular flexibility index (Phi) is 6.46. The van der Waals surface area contributed by atoms with Crippen LogP contribution in [0.4, 0.5) is 5.13 Å². The van der Waals surface area contributed by atoms with Gasteiger partial charge in [-0.05, 0) is 17.7 Å². The van der Waals surface area contributed by atoms with Crippen LogP contribution in [-0.4, -0.2) is 39.8 Å². The Bertz CT molecular complexity index is 799. The first-order valence-electron chi connectivity index (χ1n) is 8.07. The molecule has 0 saturated carbocycles. The quantitative estimate of drug-likeness (QED) is 0.775. The van der Waals surface area contributed by atoms with E-state index in [0.717, 1.165) is 5.56 Å². The van der Waals surface area contributed by atoms with E-state index in [0.29, 0.717) is 17.4 Å². The molecule has 0 spiro atoms. The summed E-state index contributed by atoms with van der Waals surface area (Å²) in [5.74, 6) is -1.34. The lowest BCUT2D eigenvalue weighted by molar-refractivity contribution is -0.129. The second-order valence-electron chi connectivity index (χ2n) is 6.22. The van der Waals surface area contributed by atoms with E-state index in [1.165, 1.54) is 23.5 Å². The number of thiazole rings is 1. The summed E-state index contributed by atoms with van der Waals surface area (Å²) in [7, 11) is 1.68. The monoisotopic (exact) mass is 375 g/mol. The van der Waals surface area contributed by atoms with Gasteiger partial charge in [-0.2, -0.15) is 0 Å². The molecule has 0 saturated heterocycles. The molecule has 2 aromatic rings. The molecule has 8 heteroatoms. The molecule has 0 aliphatic carbocycles. The molecule has 0 aliphatic heterocycles. The highest BCUT2D eigenvalue weighted by Crippen LogP contribution is 2.17. The molecule has 1 heterocycles. The van der Waals surface area contributed by atoms with Crippen LogP contribution in [0.3, 0.4) is 0 Å². The van der Waals surface area contributed by atoms with Crippen molar-refractivity contribution in [1.82, 2.24) is 9.88 Å². The molecule has 2 amide bonds. The largest absolute Gasteiger partial charge is 0.478 e. The van der Waals surface area contributed by atoms with Crippen molar-refractivity contribution in [2.75, 3.05) is 12.4 Å². The fourth-order valence-corrected chi connectivity index (χ4v) is 2.81. The molecular weight excluding hydrogens is 354 g/mol. The van der Waals surface area contributed by atoms with Gasteiger partial charge in [-0.25, -0.2) is 9.78 Å². The van der Waals surface area contributed by atoms with Crippen LogP contribution in [0.2, 0.25) is 0 Å². The van der Waals surface area contributed by atoms with Crippen LogP contribution in [0.5, 0.6) is 0 Å². The SMILES string of the molecule is CC(C)C(=O)Nc1nc(CC(=O)N(C)Cc2ccc(C(=O)O)cc2)cs1. The zero-order chi connectivity index (χ0) is 19.3. The molecule has 1 aromatic carbocycles. The molecule has 0 unspecified atom stereocenters. The van der Waals surface area contributed by atoms with Gasteiger partial charge in [0, 0.05) is 24.9 Å². The van der Waals surface area contributed by atoms with E-state index in [2.05, 4.69) is 10.3 Å². The number of anilines is 1. The zero-order valence-electron chi connectivity index (χ0n) is 14.9. The lowest BCUT2D eigenvalue weighted by Gasteiger charge is -2.16. The minimum absolute atomic E-state index is 0.112. The number of carboxylic acids is 1. The molecule has 0 fully saturated rings. The number of nitrogens with zero attached hydrogens (tertiary/aromatic N) is 2. The fourth-order valence-electron chi connectivity index (χ4n) is 2.10. The molecule has 2 rings (SSSR count). The molecule has 0 atom stereocenters. The van der Waals surface area contributed by atoms with Crippen molar-refractivity contribution in [3.63, 3.8) is 0 Å². The number of aromatic nitrogens is 1. The number of nitrogens with one attached hydrogen (secondary N) is 1. The lowest BCUT2D eigenvalue weighted by atomic mass is 10.1. The Balaban J connectivity index is 1.91. The standard InChI is InChI=1S/C18H21N3O4S/c1-11(2)16(23)20-18-19-14(10-26-18)8-15(22)21(3)9-12-4-6-13(7-5-12)17(24)25/h4-7,10-11H,8-9H2,1-3H3,(H,24,25)(H,19,20,23). The van der Waals surface area contributed by atoms with Crippen molar-refractivity contribution in [3.05, 3.63) is 46.5 Å². The molecule has 0 bridgehead atoms. The van der Waals surface area contributed by atoms with Crippen molar-refractivity contribution < 1.29 is 19.5 Å². The van der Waals surface area contributed by atoms with Crippen LogP contribution in [0, 0.1) is 5.92 Å². The number of aromatic carboxylic acids is 1. The van der Waals surface area contributed by atoms with Crippen LogP contribution >= 0.6 is 11.3 Å². The van der Waals surface area contributed by atoms with Crippen LogP contribution in [0.1, 0.15) is 35.5 Å². The molecular formula is C18H21N3O4S. The average Bonchev–Trinajstić information content (AvgIpc) is 3.02. The maximum Gasteiger partial charge on any atom is 0.335 e. The molecule has 26 heavy (non-hydrogen) atoms. The van der Waals surface area contributed by atoms with E-state index in [1.807, 2.05) is 0 Å². The van der Waals surface area contributed by atoms with Crippen molar-refractivity contribution in [3.8, 4) is 0 Å². The molecule has 0 radical (unpaired) electrons. The number of carbonyl (C=O) groups excluding carboxylic acids is 2. The van der Waals surface area contributed by atoms with E-state index >= 15 is 0 Å². The van der Waals surface area contributed by atoms with E-state index in [-0.39, 0.29) is 29.7 Å². The molecule has 1 aromatic heterocycles. The van der Waals surface area contributed by atoms with Crippen LogP contribution in [0.25, 0.3) is 0 Å². The van der Waals surface area contributed by atoms with Crippen molar-refractivity contribution in [2.24, 2.45) is 5.92 Å². The Labute approximate surface area is 155 Å². The Hall–Kier alpha value is -2.74. The van der Waals surface area contributed by atoms with Gasteiger partial charge in [0.15, 0.2) is 5.13 Å². The summed E-state index contributed by atoms with van der Waals surface area (Å²) in [6.45, 7) is 3.97. The summed E-state index contributed by atoms with van der Waals surface area (Å²) < 4.78 is 0. The summed E-state index contributed by atoms with van der Waals surface area (Å²) in [5.41, 5.74) is 1.65. The Morgan fingerprint density at radius 1 is 1.23 bits per heavy atom. The molecule has 7 nitrogen and oxygen atoms in total. The first-order valence-corrected chi connectivity index (χ1v) is 8.95. The lowest BCUT2D eigenvalue weighted by Crippen LogP contribution is -2.27. The van der Waals surface area contributed by atoms with Crippen molar-refractivity contribution >= 4 is 34.3 Å². The number of benzene rings is 1. The Morgan fingerprint density at radius 2 is 1.88 bits per heavy atom. The molecule has 138 valence electrons. The van der Waals surface area contributed by atoms with Gasteiger partial charge in [0.1, 0.15) is 0 Å². The minimum atomic E-state index is -0.982. The van der Waals surface area contributed by atoms with E-state index < -0.39 is 5.97 Å². The highest BCUT2D eigenvalue weighted by Gasteiger charge is 2.15. The molecule has 2 N–H and O–H groups in total. The summed E-state index contributed by atoms with van der Waals surface area (Å²) in [6, 6.07) is 6.41. The van der Waals surface area contributed by atoms with E-state index in [1.54, 1.807) is 43.3 Å². The van der Waals surface area contributed by atoms with Gasteiger partial charge < -0.3 is 15.3 Å². The predicted molar refractivity (Wildman–Crippen MR) is 99.2 cm³/mol. The first kappa shape index (κ1) is 19.6. The summed E-state index contributed by atoms with van der Waals surface area (Å²) in [5, 5.41) is 13.9.